The van der Waals surface area contributed by atoms with Gasteiger partial charge < -0.3 is 5.32 Å². The van der Waals surface area contributed by atoms with Gasteiger partial charge in [-0.25, -0.2) is 0 Å². The Kier molecular flexibility index (Phi) is 4.67. The Morgan fingerprint density at radius 1 is 1.14 bits per heavy atom. The first-order chi connectivity index (χ1) is 6.65. The molecule has 0 radical (unpaired) electrons. The Bertz CT molecular complexity index is 174. The molecule has 82 valence electrons. The highest BCUT2D eigenvalue weighted by molar-refractivity contribution is 5.06. The molecule has 1 fully saturated rings. The number of hydrogen-bond donors (Lipinski definition) is 1. The minimum absolute atomic E-state index is 0.331. The zero-order valence-electron chi connectivity index (χ0n) is 9.86. The van der Waals surface area contributed by atoms with Crippen LogP contribution in [-0.2, 0) is 0 Å². The second kappa shape index (κ2) is 5.55. The van der Waals surface area contributed by atoms with Gasteiger partial charge in [0, 0.05) is 12.0 Å². The lowest BCUT2D eigenvalue weighted by atomic mass is 9.78. The maximum Gasteiger partial charge on any atom is 0.00423 e. The summed E-state index contributed by atoms with van der Waals surface area (Å²) in [5.41, 5.74) is 1.67. The monoisotopic (exact) mass is 195 g/mol. The summed E-state index contributed by atoms with van der Waals surface area (Å²) in [6.45, 7) is 11.0. The third-order valence-electron chi connectivity index (χ3n) is 3.63. The lowest BCUT2D eigenvalue weighted by Gasteiger charge is -2.31. The standard InChI is InChI=1S/C13H25N/c1-12(2)13(3)9-7-5-4-6-8-10-14-11-13/h14H,1,4-11H2,2-3H3. The molecular formula is C13H25N. The van der Waals surface area contributed by atoms with E-state index >= 15 is 0 Å². The van der Waals surface area contributed by atoms with Gasteiger partial charge in [0.15, 0.2) is 0 Å². The summed E-state index contributed by atoms with van der Waals surface area (Å²) in [4.78, 5) is 0. The van der Waals surface area contributed by atoms with Crippen LogP contribution in [0, 0.1) is 5.41 Å². The maximum absolute atomic E-state index is 4.14. The predicted octanol–water partition coefficient (Wildman–Crippen LogP) is 3.51. The second-order valence-corrected chi connectivity index (χ2v) is 5.04. The van der Waals surface area contributed by atoms with Crippen LogP contribution < -0.4 is 5.32 Å². The third kappa shape index (κ3) is 3.45. The first-order valence-electron chi connectivity index (χ1n) is 6.02. The quantitative estimate of drug-likeness (QED) is 0.631. The summed E-state index contributed by atoms with van der Waals surface area (Å²) in [6.07, 6.45) is 8.22. The summed E-state index contributed by atoms with van der Waals surface area (Å²) < 4.78 is 0. The van der Waals surface area contributed by atoms with Gasteiger partial charge in [-0.3, -0.25) is 0 Å². The highest BCUT2D eigenvalue weighted by atomic mass is 14.9. The Morgan fingerprint density at radius 2 is 1.79 bits per heavy atom. The number of nitrogens with one attached hydrogen (secondary N) is 1. The molecule has 0 aromatic rings. The van der Waals surface area contributed by atoms with Crippen molar-refractivity contribution < 1.29 is 0 Å². The van der Waals surface area contributed by atoms with E-state index in [4.69, 9.17) is 0 Å². The molecule has 1 nitrogen and oxygen atoms in total. The molecular weight excluding hydrogens is 170 g/mol. The van der Waals surface area contributed by atoms with Crippen molar-refractivity contribution in [1.82, 2.24) is 5.32 Å². The molecule has 1 aliphatic rings. The first kappa shape index (κ1) is 11.8. The van der Waals surface area contributed by atoms with Gasteiger partial charge in [-0.2, -0.15) is 0 Å². The van der Waals surface area contributed by atoms with Crippen molar-refractivity contribution in [1.29, 1.82) is 0 Å². The van der Waals surface area contributed by atoms with Crippen LogP contribution in [-0.4, -0.2) is 13.1 Å². The lowest BCUT2D eigenvalue weighted by Crippen LogP contribution is -2.33. The minimum Gasteiger partial charge on any atom is -0.316 e. The molecule has 0 aromatic heterocycles. The van der Waals surface area contributed by atoms with Gasteiger partial charge in [-0.15, -0.1) is 0 Å². The second-order valence-electron chi connectivity index (χ2n) is 5.04. The summed E-state index contributed by atoms with van der Waals surface area (Å²) in [7, 11) is 0. The van der Waals surface area contributed by atoms with Crippen molar-refractivity contribution >= 4 is 0 Å². The predicted molar refractivity (Wildman–Crippen MR) is 63.5 cm³/mol. The average molecular weight is 195 g/mol. The van der Waals surface area contributed by atoms with E-state index in [1.54, 1.807) is 0 Å². The van der Waals surface area contributed by atoms with Gasteiger partial charge in [-0.05, 0) is 26.3 Å². The van der Waals surface area contributed by atoms with Crippen LogP contribution >= 0.6 is 0 Å². The number of rotatable bonds is 1. The van der Waals surface area contributed by atoms with Crippen molar-refractivity contribution in [3.63, 3.8) is 0 Å². The Morgan fingerprint density at radius 3 is 2.50 bits per heavy atom. The molecule has 1 unspecified atom stereocenters. The minimum atomic E-state index is 0.331. The summed E-state index contributed by atoms with van der Waals surface area (Å²) >= 11 is 0. The van der Waals surface area contributed by atoms with E-state index in [1.807, 2.05) is 0 Å². The molecule has 0 spiro atoms. The highest BCUT2D eigenvalue weighted by Gasteiger charge is 2.24. The normalized spacial score (nSPS) is 31.0. The van der Waals surface area contributed by atoms with Crippen molar-refractivity contribution in [2.45, 2.75) is 52.4 Å². The van der Waals surface area contributed by atoms with Gasteiger partial charge in [-0.1, -0.05) is 44.8 Å². The van der Waals surface area contributed by atoms with Gasteiger partial charge >= 0.3 is 0 Å². The molecule has 1 saturated heterocycles. The number of hydrogen-bond acceptors (Lipinski definition) is 1. The fourth-order valence-electron chi connectivity index (χ4n) is 2.11. The maximum atomic E-state index is 4.14. The van der Waals surface area contributed by atoms with Gasteiger partial charge in [0.2, 0.25) is 0 Å². The van der Waals surface area contributed by atoms with Crippen LogP contribution in [0.4, 0.5) is 0 Å². The molecule has 1 rings (SSSR count). The summed E-state index contributed by atoms with van der Waals surface area (Å²) in [5.74, 6) is 0. The van der Waals surface area contributed by atoms with E-state index in [2.05, 4.69) is 25.7 Å². The van der Waals surface area contributed by atoms with Crippen molar-refractivity contribution in [2.24, 2.45) is 5.41 Å². The van der Waals surface area contributed by atoms with Crippen LogP contribution in [0.15, 0.2) is 12.2 Å². The van der Waals surface area contributed by atoms with Crippen molar-refractivity contribution in [2.75, 3.05) is 13.1 Å². The summed E-state index contributed by atoms with van der Waals surface area (Å²) in [5, 5.41) is 3.57. The molecule has 1 N–H and O–H groups in total. The fraction of sp³-hybridized carbons (Fsp3) is 0.846. The van der Waals surface area contributed by atoms with Gasteiger partial charge in [0.1, 0.15) is 0 Å². The van der Waals surface area contributed by atoms with Gasteiger partial charge in [0.05, 0.1) is 0 Å². The van der Waals surface area contributed by atoms with Gasteiger partial charge in [0.25, 0.3) is 0 Å². The summed E-state index contributed by atoms with van der Waals surface area (Å²) in [6, 6.07) is 0. The SMILES string of the molecule is C=C(C)C1(C)CCCCCCCNC1. The first-order valence-corrected chi connectivity index (χ1v) is 6.02. The van der Waals surface area contributed by atoms with Crippen molar-refractivity contribution in [3.05, 3.63) is 12.2 Å². The van der Waals surface area contributed by atoms with E-state index in [-0.39, 0.29) is 0 Å². The highest BCUT2D eigenvalue weighted by Crippen LogP contribution is 2.31. The Hall–Kier alpha value is -0.300. The van der Waals surface area contributed by atoms with Crippen LogP contribution in [0.5, 0.6) is 0 Å². The molecule has 14 heavy (non-hydrogen) atoms. The van der Waals surface area contributed by atoms with Crippen LogP contribution in [0.25, 0.3) is 0 Å². The van der Waals surface area contributed by atoms with E-state index in [1.165, 1.54) is 50.6 Å². The van der Waals surface area contributed by atoms with Crippen LogP contribution in [0.1, 0.15) is 52.4 Å². The lowest BCUT2D eigenvalue weighted by molar-refractivity contribution is 0.317. The molecule has 0 bridgehead atoms. The van der Waals surface area contributed by atoms with Crippen molar-refractivity contribution in [3.8, 4) is 0 Å². The molecule has 0 aliphatic carbocycles. The van der Waals surface area contributed by atoms with E-state index in [0.29, 0.717) is 5.41 Å². The molecule has 1 heteroatoms. The average Bonchev–Trinajstić information content (AvgIpc) is 2.16. The Balaban J connectivity index is 2.49. The third-order valence-corrected chi connectivity index (χ3v) is 3.63. The van der Waals surface area contributed by atoms with E-state index < -0.39 is 0 Å². The van der Waals surface area contributed by atoms with Crippen LogP contribution in [0.2, 0.25) is 0 Å². The van der Waals surface area contributed by atoms with E-state index in [0.717, 1.165) is 6.54 Å². The topological polar surface area (TPSA) is 12.0 Å². The molecule has 0 saturated carbocycles. The fourth-order valence-corrected chi connectivity index (χ4v) is 2.11. The molecule has 1 aliphatic heterocycles. The Labute approximate surface area is 89.0 Å². The zero-order chi connectivity index (χ0) is 10.4. The molecule has 1 atom stereocenters. The molecule has 1 heterocycles. The van der Waals surface area contributed by atoms with E-state index in [9.17, 15) is 0 Å². The largest absolute Gasteiger partial charge is 0.316 e. The molecule has 0 amide bonds. The smallest absolute Gasteiger partial charge is 0.00423 e. The molecule has 0 aromatic carbocycles. The zero-order valence-corrected chi connectivity index (χ0v) is 9.86. The van der Waals surface area contributed by atoms with Crippen LogP contribution in [0.3, 0.4) is 0 Å².